The van der Waals surface area contributed by atoms with Gasteiger partial charge in [0, 0.05) is 5.56 Å². The van der Waals surface area contributed by atoms with Crippen LogP contribution < -0.4 is 4.74 Å². The van der Waals surface area contributed by atoms with Gasteiger partial charge in [0.1, 0.15) is 22.8 Å². The van der Waals surface area contributed by atoms with Crippen LogP contribution in [-0.2, 0) is 0 Å². The van der Waals surface area contributed by atoms with E-state index in [1.165, 1.54) is 24.3 Å². The van der Waals surface area contributed by atoms with Crippen LogP contribution in [0.25, 0.3) is 6.08 Å². The Labute approximate surface area is 116 Å². The predicted octanol–water partition coefficient (Wildman–Crippen LogP) is 3.00. The second kappa shape index (κ2) is 5.93. The van der Waals surface area contributed by atoms with Crippen LogP contribution in [-0.4, -0.2) is 23.1 Å². The molecule has 2 aromatic rings. The topological polar surface area (TPSA) is 66.8 Å². The van der Waals surface area contributed by atoms with Crippen molar-refractivity contribution in [3.63, 3.8) is 0 Å². The van der Waals surface area contributed by atoms with Gasteiger partial charge in [0.05, 0.1) is 7.11 Å². The Morgan fingerprint density at radius 3 is 2.35 bits per heavy atom. The van der Waals surface area contributed by atoms with Crippen LogP contribution in [0.4, 0.5) is 0 Å². The Morgan fingerprint density at radius 2 is 1.70 bits per heavy atom. The molecule has 0 heterocycles. The van der Waals surface area contributed by atoms with E-state index in [4.69, 9.17) is 4.74 Å². The van der Waals surface area contributed by atoms with Crippen molar-refractivity contribution in [3.05, 3.63) is 59.7 Å². The Bertz CT molecular complexity index is 639. The minimum Gasteiger partial charge on any atom is -0.507 e. The van der Waals surface area contributed by atoms with Gasteiger partial charge in [0.15, 0.2) is 5.78 Å². The van der Waals surface area contributed by atoms with Crippen LogP contribution in [0.15, 0.2) is 48.5 Å². The molecule has 0 aliphatic carbocycles. The third-order valence-electron chi connectivity index (χ3n) is 2.82. The summed E-state index contributed by atoms with van der Waals surface area (Å²) in [5, 5.41) is 19.2. The summed E-state index contributed by atoms with van der Waals surface area (Å²) in [5.74, 6) is -0.344. The number of carbonyl (C=O) groups is 1. The van der Waals surface area contributed by atoms with E-state index in [-0.39, 0.29) is 17.1 Å². The number of benzene rings is 2. The van der Waals surface area contributed by atoms with Crippen molar-refractivity contribution in [1.82, 2.24) is 0 Å². The molecule has 0 amide bonds. The number of allylic oxidation sites excluding steroid dienone is 1. The van der Waals surface area contributed by atoms with Crippen LogP contribution in [0.1, 0.15) is 15.9 Å². The van der Waals surface area contributed by atoms with Gasteiger partial charge < -0.3 is 14.9 Å². The van der Waals surface area contributed by atoms with Crippen molar-refractivity contribution < 1.29 is 19.7 Å². The average molecular weight is 270 g/mol. The van der Waals surface area contributed by atoms with E-state index in [1.807, 2.05) is 12.1 Å². The SMILES string of the molecule is COc1ccccc1/C=C/C(=O)c1c(O)cccc1O. The number of phenolic OH excluding ortho intramolecular Hbond substituents is 2. The van der Waals surface area contributed by atoms with Crippen LogP contribution in [0.2, 0.25) is 0 Å². The van der Waals surface area contributed by atoms with Gasteiger partial charge in [-0.2, -0.15) is 0 Å². The lowest BCUT2D eigenvalue weighted by molar-refractivity contribution is 0.104. The summed E-state index contributed by atoms with van der Waals surface area (Å²) in [6, 6.07) is 11.4. The molecule has 2 aromatic carbocycles. The highest BCUT2D eigenvalue weighted by molar-refractivity contribution is 6.10. The summed E-state index contributed by atoms with van der Waals surface area (Å²) < 4.78 is 5.17. The van der Waals surface area contributed by atoms with E-state index in [9.17, 15) is 15.0 Å². The lowest BCUT2D eigenvalue weighted by atomic mass is 10.1. The fourth-order valence-electron chi connectivity index (χ4n) is 1.83. The molecule has 0 unspecified atom stereocenters. The maximum Gasteiger partial charge on any atom is 0.193 e. The normalized spacial score (nSPS) is 10.7. The van der Waals surface area contributed by atoms with Gasteiger partial charge in [-0.1, -0.05) is 24.3 Å². The summed E-state index contributed by atoms with van der Waals surface area (Å²) >= 11 is 0. The highest BCUT2D eigenvalue weighted by Gasteiger charge is 2.13. The first kappa shape index (κ1) is 13.7. The van der Waals surface area contributed by atoms with Crippen molar-refractivity contribution in [3.8, 4) is 17.2 Å². The molecule has 0 radical (unpaired) electrons. The zero-order valence-electron chi connectivity index (χ0n) is 10.9. The summed E-state index contributed by atoms with van der Waals surface area (Å²) in [7, 11) is 1.54. The predicted molar refractivity (Wildman–Crippen MR) is 76.1 cm³/mol. The number of rotatable bonds is 4. The number of ether oxygens (including phenoxy) is 1. The molecule has 4 nitrogen and oxygen atoms in total. The van der Waals surface area contributed by atoms with Crippen molar-refractivity contribution in [1.29, 1.82) is 0 Å². The van der Waals surface area contributed by atoms with Gasteiger partial charge >= 0.3 is 0 Å². The second-order valence-corrected chi connectivity index (χ2v) is 4.11. The van der Waals surface area contributed by atoms with Crippen LogP contribution in [0.5, 0.6) is 17.2 Å². The van der Waals surface area contributed by atoms with Crippen molar-refractivity contribution in [2.75, 3.05) is 7.11 Å². The van der Waals surface area contributed by atoms with Gasteiger partial charge in [-0.05, 0) is 30.4 Å². The third kappa shape index (κ3) is 2.80. The molecule has 0 aliphatic rings. The zero-order valence-corrected chi connectivity index (χ0v) is 10.9. The molecular formula is C16H14O4. The van der Waals surface area contributed by atoms with Gasteiger partial charge in [-0.25, -0.2) is 0 Å². The first-order valence-electron chi connectivity index (χ1n) is 6.00. The Balaban J connectivity index is 2.30. The molecule has 2 rings (SSSR count). The Morgan fingerprint density at radius 1 is 1.05 bits per heavy atom. The minimum absolute atomic E-state index is 0.112. The van der Waals surface area contributed by atoms with E-state index >= 15 is 0 Å². The van der Waals surface area contributed by atoms with E-state index in [0.717, 1.165) is 5.56 Å². The third-order valence-corrected chi connectivity index (χ3v) is 2.82. The maximum atomic E-state index is 12.0. The molecule has 0 bridgehead atoms. The summed E-state index contributed by atoms with van der Waals surface area (Å²) in [4.78, 5) is 12.0. The molecule has 0 spiro atoms. The minimum atomic E-state index is -0.480. The van der Waals surface area contributed by atoms with Crippen LogP contribution in [0.3, 0.4) is 0 Å². The lowest BCUT2D eigenvalue weighted by Gasteiger charge is -2.04. The van der Waals surface area contributed by atoms with E-state index in [0.29, 0.717) is 5.75 Å². The monoisotopic (exact) mass is 270 g/mol. The van der Waals surface area contributed by atoms with E-state index in [2.05, 4.69) is 0 Å². The number of para-hydroxylation sites is 1. The largest absolute Gasteiger partial charge is 0.507 e. The molecule has 2 N–H and O–H groups in total. The summed E-state index contributed by atoms with van der Waals surface area (Å²) in [5.41, 5.74) is 0.622. The smallest absolute Gasteiger partial charge is 0.193 e. The van der Waals surface area contributed by atoms with Gasteiger partial charge in [0.2, 0.25) is 0 Å². The van der Waals surface area contributed by atoms with Crippen molar-refractivity contribution >= 4 is 11.9 Å². The molecule has 0 saturated heterocycles. The standard InChI is InChI=1S/C16H14O4/c1-20-15-8-3-2-5-11(15)9-10-14(19)16-12(17)6-4-7-13(16)18/h2-10,17-18H,1H3/b10-9+. The highest BCUT2D eigenvalue weighted by Crippen LogP contribution is 2.27. The molecule has 0 aliphatic heterocycles. The fourth-order valence-corrected chi connectivity index (χ4v) is 1.83. The summed E-state index contributed by atoms with van der Waals surface area (Å²) in [6.07, 6.45) is 2.86. The molecule has 0 aromatic heterocycles. The van der Waals surface area contributed by atoms with Crippen molar-refractivity contribution in [2.45, 2.75) is 0 Å². The van der Waals surface area contributed by atoms with Crippen LogP contribution in [0, 0.1) is 0 Å². The first-order valence-corrected chi connectivity index (χ1v) is 6.00. The zero-order chi connectivity index (χ0) is 14.5. The molecule has 0 atom stereocenters. The first-order chi connectivity index (χ1) is 9.63. The number of methoxy groups -OCH3 is 1. The lowest BCUT2D eigenvalue weighted by Crippen LogP contribution is -1.95. The number of ketones is 1. The average Bonchev–Trinajstić information content (AvgIpc) is 2.45. The maximum absolute atomic E-state index is 12.0. The number of aromatic hydroxyl groups is 2. The molecule has 20 heavy (non-hydrogen) atoms. The quantitative estimate of drug-likeness (QED) is 0.662. The molecule has 102 valence electrons. The Kier molecular flexibility index (Phi) is 4.05. The van der Waals surface area contributed by atoms with Gasteiger partial charge in [-0.15, -0.1) is 0 Å². The number of phenols is 2. The molecular weight excluding hydrogens is 256 g/mol. The van der Waals surface area contributed by atoms with Crippen molar-refractivity contribution in [2.24, 2.45) is 0 Å². The highest BCUT2D eigenvalue weighted by atomic mass is 16.5. The van der Waals surface area contributed by atoms with Gasteiger partial charge in [-0.3, -0.25) is 4.79 Å². The number of hydrogen-bond donors (Lipinski definition) is 2. The summed E-state index contributed by atoms with van der Waals surface area (Å²) in [6.45, 7) is 0. The Hall–Kier alpha value is -2.75. The second-order valence-electron chi connectivity index (χ2n) is 4.11. The molecule has 0 fully saturated rings. The molecule has 0 saturated carbocycles. The fraction of sp³-hybridized carbons (Fsp3) is 0.0625. The van der Waals surface area contributed by atoms with Crippen LogP contribution >= 0.6 is 0 Å². The van der Waals surface area contributed by atoms with Gasteiger partial charge in [0.25, 0.3) is 0 Å². The van der Waals surface area contributed by atoms with E-state index in [1.54, 1.807) is 25.3 Å². The van der Waals surface area contributed by atoms with E-state index < -0.39 is 5.78 Å². The molecule has 4 heteroatoms. The number of carbonyl (C=O) groups excluding carboxylic acids is 1. The number of hydrogen-bond acceptors (Lipinski definition) is 4.